The number of rotatable bonds is 6. The monoisotopic (exact) mass is 399 g/mol. The number of carbonyl (C=O) groups excluding carboxylic acids is 1. The normalized spacial score (nSPS) is 11.3. The summed E-state index contributed by atoms with van der Waals surface area (Å²) < 4.78 is 7.41. The molecule has 0 saturated heterocycles. The summed E-state index contributed by atoms with van der Waals surface area (Å²) in [6.45, 7) is 7.64. The smallest absolute Gasteiger partial charge is 0.263 e. The van der Waals surface area contributed by atoms with E-state index in [0.717, 1.165) is 11.3 Å². The highest BCUT2D eigenvalue weighted by Crippen LogP contribution is 2.21. The second kappa shape index (κ2) is 7.98. The number of nitrogens with one attached hydrogen (secondary N) is 1. The molecule has 0 fully saturated rings. The summed E-state index contributed by atoms with van der Waals surface area (Å²) in [7, 11) is 0. The predicted molar refractivity (Wildman–Crippen MR) is 107 cm³/mol. The Morgan fingerprint density at radius 1 is 1.14 bits per heavy atom. The van der Waals surface area contributed by atoms with E-state index in [1.807, 2.05) is 32.0 Å². The zero-order valence-electron chi connectivity index (χ0n) is 16.2. The highest BCUT2D eigenvalue weighted by Gasteiger charge is 2.30. The summed E-state index contributed by atoms with van der Waals surface area (Å²) >= 11 is 5.88. The third kappa shape index (κ3) is 4.48. The van der Waals surface area contributed by atoms with Crippen molar-refractivity contribution in [1.82, 2.24) is 25.5 Å². The standard InChI is InChI=1S/C20H22ClN5O2/c1-13-5-8-16(11-14(13)2)26-18(23-24-25-26)12-22-19(27)20(3,4)28-17-9-6-15(21)7-10-17/h5-11H,12H2,1-4H3,(H,22,27). The van der Waals surface area contributed by atoms with E-state index in [2.05, 4.69) is 20.8 Å². The van der Waals surface area contributed by atoms with E-state index in [1.54, 1.807) is 42.8 Å². The second-order valence-corrected chi connectivity index (χ2v) is 7.46. The molecule has 0 radical (unpaired) electrons. The first-order chi connectivity index (χ1) is 13.3. The van der Waals surface area contributed by atoms with Gasteiger partial charge in [-0.25, -0.2) is 0 Å². The van der Waals surface area contributed by atoms with Crippen LogP contribution >= 0.6 is 11.6 Å². The number of amides is 1. The van der Waals surface area contributed by atoms with Gasteiger partial charge in [0.25, 0.3) is 5.91 Å². The Labute approximate surface area is 168 Å². The number of halogens is 1. The molecule has 0 aliphatic rings. The van der Waals surface area contributed by atoms with Gasteiger partial charge in [-0.15, -0.1) is 5.10 Å². The fourth-order valence-electron chi connectivity index (χ4n) is 2.59. The van der Waals surface area contributed by atoms with Gasteiger partial charge in [0.1, 0.15) is 5.75 Å². The number of hydrogen-bond donors (Lipinski definition) is 1. The van der Waals surface area contributed by atoms with Gasteiger partial charge in [-0.3, -0.25) is 4.79 Å². The minimum absolute atomic E-state index is 0.173. The van der Waals surface area contributed by atoms with E-state index in [1.165, 1.54) is 5.56 Å². The number of aromatic nitrogens is 4. The summed E-state index contributed by atoms with van der Waals surface area (Å²) in [5.41, 5.74) is 2.09. The molecule has 3 aromatic rings. The van der Waals surface area contributed by atoms with Gasteiger partial charge in [0.15, 0.2) is 11.4 Å². The van der Waals surface area contributed by atoms with Crippen LogP contribution in [0.3, 0.4) is 0 Å². The van der Waals surface area contributed by atoms with Crippen molar-refractivity contribution in [2.24, 2.45) is 0 Å². The van der Waals surface area contributed by atoms with Crippen molar-refractivity contribution in [3.8, 4) is 11.4 Å². The molecule has 28 heavy (non-hydrogen) atoms. The number of carbonyl (C=O) groups is 1. The van der Waals surface area contributed by atoms with Gasteiger partial charge in [-0.1, -0.05) is 17.7 Å². The molecule has 0 unspecified atom stereocenters. The Morgan fingerprint density at radius 2 is 1.86 bits per heavy atom. The zero-order chi connectivity index (χ0) is 20.3. The number of ether oxygens (including phenoxy) is 1. The lowest BCUT2D eigenvalue weighted by Crippen LogP contribution is -2.46. The maximum atomic E-state index is 12.6. The highest BCUT2D eigenvalue weighted by atomic mass is 35.5. The largest absolute Gasteiger partial charge is 0.478 e. The Bertz CT molecular complexity index is 983. The fourth-order valence-corrected chi connectivity index (χ4v) is 2.72. The van der Waals surface area contributed by atoms with Crippen molar-refractivity contribution in [3.05, 3.63) is 64.4 Å². The maximum absolute atomic E-state index is 12.6. The van der Waals surface area contributed by atoms with E-state index >= 15 is 0 Å². The minimum Gasteiger partial charge on any atom is -0.478 e. The van der Waals surface area contributed by atoms with E-state index in [9.17, 15) is 4.79 Å². The summed E-state index contributed by atoms with van der Waals surface area (Å²) in [5.74, 6) is 0.806. The van der Waals surface area contributed by atoms with Gasteiger partial charge < -0.3 is 10.1 Å². The van der Waals surface area contributed by atoms with Crippen molar-refractivity contribution in [3.63, 3.8) is 0 Å². The Balaban J connectivity index is 1.68. The molecule has 0 atom stereocenters. The Kier molecular flexibility index (Phi) is 5.65. The van der Waals surface area contributed by atoms with Gasteiger partial charge in [0, 0.05) is 5.02 Å². The molecule has 2 aromatic carbocycles. The van der Waals surface area contributed by atoms with Crippen LogP contribution in [0.4, 0.5) is 0 Å². The topological polar surface area (TPSA) is 81.9 Å². The summed E-state index contributed by atoms with van der Waals surface area (Å²) in [6.07, 6.45) is 0. The Hall–Kier alpha value is -2.93. The molecule has 7 nitrogen and oxygen atoms in total. The van der Waals surface area contributed by atoms with Gasteiger partial charge >= 0.3 is 0 Å². The molecule has 0 aliphatic carbocycles. The molecule has 3 rings (SSSR count). The molecular formula is C20H22ClN5O2. The SMILES string of the molecule is Cc1ccc(-n2nnnc2CNC(=O)C(C)(C)Oc2ccc(Cl)cc2)cc1C. The lowest BCUT2D eigenvalue weighted by molar-refractivity contribution is -0.134. The van der Waals surface area contributed by atoms with Crippen molar-refractivity contribution < 1.29 is 9.53 Å². The van der Waals surface area contributed by atoms with Crippen LogP contribution in [0.5, 0.6) is 5.75 Å². The lowest BCUT2D eigenvalue weighted by Gasteiger charge is -2.25. The fraction of sp³-hybridized carbons (Fsp3) is 0.300. The van der Waals surface area contributed by atoms with Gasteiger partial charge in [-0.05, 0) is 85.6 Å². The lowest BCUT2D eigenvalue weighted by atomic mass is 10.1. The molecule has 0 bridgehead atoms. The molecule has 1 N–H and O–H groups in total. The van der Waals surface area contributed by atoms with Crippen LogP contribution in [0.1, 0.15) is 30.8 Å². The van der Waals surface area contributed by atoms with Gasteiger partial charge in [0.2, 0.25) is 0 Å². The van der Waals surface area contributed by atoms with Crippen LogP contribution in [0.15, 0.2) is 42.5 Å². The maximum Gasteiger partial charge on any atom is 0.263 e. The highest BCUT2D eigenvalue weighted by molar-refractivity contribution is 6.30. The first-order valence-corrected chi connectivity index (χ1v) is 9.22. The number of benzene rings is 2. The van der Waals surface area contributed by atoms with Crippen LogP contribution in [-0.4, -0.2) is 31.7 Å². The van der Waals surface area contributed by atoms with Crippen molar-refractivity contribution in [1.29, 1.82) is 0 Å². The van der Waals surface area contributed by atoms with E-state index in [4.69, 9.17) is 16.3 Å². The summed E-state index contributed by atoms with van der Waals surface area (Å²) in [4.78, 5) is 12.6. The molecule has 146 valence electrons. The second-order valence-electron chi connectivity index (χ2n) is 7.02. The Morgan fingerprint density at radius 3 is 2.54 bits per heavy atom. The molecule has 0 saturated carbocycles. The number of nitrogens with zero attached hydrogens (tertiary/aromatic N) is 4. The van der Waals surface area contributed by atoms with Crippen LogP contribution in [0.2, 0.25) is 5.02 Å². The average molecular weight is 400 g/mol. The van der Waals surface area contributed by atoms with Crippen LogP contribution in [-0.2, 0) is 11.3 Å². The molecular weight excluding hydrogens is 378 g/mol. The molecule has 1 aromatic heterocycles. The van der Waals surface area contributed by atoms with E-state index in [0.29, 0.717) is 16.6 Å². The molecule has 1 amide bonds. The van der Waals surface area contributed by atoms with E-state index in [-0.39, 0.29) is 12.5 Å². The third-order valence-corrected chi connectivity index (χ3v) is 4.66. The predicted octanol–water partition coefficient (Wildman–Crippen LogP) is 3.41. The number of aryl methyl sites for hydroxylation is 2. The number of tetrazole rings is 1. The van der Waals surface area contributed by atoms with Crippen LogP contribution < -0.4 is 10.1 Å². The van der Waals surface area contributed by atoms with Crippen molar-refractivity contribution in [2.75, 3.05) is 0 Å². The quantitative estimate of drug-likeness (QED) is 0.686. The minimum atomic E-state index is -1.08. The van der Waals surface area contributed by atoms with Gasteiger partial charge in [0.05, 0.1) is 12.2 Å². The van der Waals surface area contributed by atoms with Crippen molar-refractivity contribution >= 4 is 17.5 Å². The summed E-state index contributed by atoms with van der Waals surface area (Å²) in [5, 5.41) is 15.2. The summed E-state index contributed by atoms with van der Waals surface area (Å²) in [6, 6.07) is 12.8. The van der Waals surface area contributed by atoms with Gasteiger partial charge in [-0.2, -0.15) is 4.68 Å². The molecule has 8 heteroatoms. The molecule has 0 spiro atoms. The number of hydrogen-bond acceptors (Lipinski definition) is 5. The average Bonchev–Trinajstić information content (AvgIpc) is 3.12. The van der Waals surface area contributed by atoms with Crippen molar-refractivity contribution in [2.45, 2.75) is 39.8 Å². The van der Waals surface area contributed by atoms with Crippen LogP contribution in [0.25, 0.3) is 5.69 Å². The molecule has 1 heterocycles. The van der Waals surface area contributed by atoms with Crippen LogP contribution in [0, 0.1) is 13.8 Å². The molecule has 0 aliphatic heterocycles. The first kappa shape index (κ1) is 19.8. The van der Waals surface area contributed by atoms with E-state index < -0.39 is 5.60 Å². The third-order valence-electron chi connectivity index (χ3n) is 4.41. The first-order valence-electron chi connectivity index (χ1n) is 8.84. The zero-order valence-corrected chi connectivity index (χ0v) is 17.0.